The summed E-state index contributed by atoms with van der Waals surface area (Å²) in [5.41, 5.74) is -0.482. The number of Topliss-reactive ketones (excluding diaryl/α,β-unsaturated/α-hetero) is 1. The highest BCUT2D eigenvalue weighted by molar-refractivity contribution is 6.03. The van der Waals surface area contributed by atoms with E-state index in [2.05, 4.69) is 0 Å². The van der Waals surface area contributed by atoms with Crippen molar-refractivity contribution in [3.8, 4) is 0 Å². The molecule has 0 aromatic heterocycles. The van der Waals surface area contributed by atoms with Gasteiger partial charge in [0.2, 0.25) is 5.91 Å². The summed E-state index contributed by atoms with van der Waals surface area (Å²) < 4.78 is 4.98. The van der Waals surface area contributed by atoms with E-state index in [4.69, 9.17) is 4.74 Å². The molecule has 0 aliphatic carbocycles. The third-order valence-electron chi connectivity index (χ3n) is 3.60. The highest BCUT2D eigenvalue weighted by Crippen LogP contribution is 2.40. The number of ether oxygens (including phenoxy) is 1. The summed E-state index contributed by atoms with van der Waals surface area (Å²) in [5.74, 6) is -0.614. The Morgan fingerprint density at radius 1 is 1.53 bits per heavy atom. The molecule has 94 valence electrons. The quantitative estimate of drug-likeness (QED) is 0.524. The van der Waals surface area contributed by atoms with Crippen LogP contribution in [0.2, 0.25) is 0 Å². The van der Waals surface area contributed by atoms with Gasteiger partial charge in [-0.05, 0) is 26.7 Å². The summed E-state index contributed by atoms with van der Waals surface area (Å²) >= 11 is 0. The highest BCUT2D eigenvalue weighted by atomic mass is 16.5. The molecule has 0 saturated carbocycles. The molecule has 2 fully saturated rings. The van der Waals surface area contributed by atoms with Crippen molar-refractivity contribution in [2.45, 2.75) is 51.1 Å². The van der Waals surface area contributed by atoms with Gasteiger partial charge in [0, 0.05) is 12.0 Å². The lowest BCUT2D eigenvalue weighted by molar-refractivity contribution is -0.160. The maximum absolute atomic E-state index is 11.9. The zero-order valence-corrected chi connectivity index (χ0v) is 10.2. The molecule has 5 nitrogen and oxygen atoms in total. The third-order valence-corrected chi connectivity index (χ3v) is 3.60. The van der Waals surface area contributed by atoms with E-state index in [9.17, 15) is 14.4 Å². The predicted octanol–water partition coefficient (Wildman–Crippen LogP) is 0.662. The minimum absolute atomic E-state index is 0.0294. The number of nitrogens with zero attached hydrogens (tertiary/aromatic N) is 1. The maximum atomic E-state index is 11.9. The van der Waals surface area contributed by atoms with Crippen molar-refractivity contribution in [2.24, 2.45) is 0 Å². The van der Waals surface area contributed by atoms with Gasteiger partial charge in [0.25, 0.3) is 0 Å². The average Bonchev–Trinajstić information content (AvgIpc) is 2.55. The van der Waals surface area contributed by atoms with Crippen LogP contribution in [-0.2, 0) is 19.1 Å². The minimum Gasteiger partial charge on any atom is -0.464 e. The van der Waals surface area contributed by atoms with Crippen LogP contribution >= 0.6 is 0 Å². The number of hydrogen-bond acceptors (Lipinski definition) is 4. The third kappa shape index (κ3) is 1.94. The Morgan fingerprint density at radius 3 is 2.88 bits per heavy atom. The van der Waals surface area contributed by atoms with Crippen molar-refractivity contribution in [1.82, 2.24) is 4.90 Å². The van der Waals surface area contributed by atoms with E-state index in [-0.39, 0.29) is 24.1 Å². The molecule has 17 heavy (non-hydrogen) atoms. The molecule has 2 saturated heterocycles. The zero-order valence-electron chi connectivity index (χ0n) is 10.2. The monoisotopic (exact) mass is 239 g/mol. The first kappa shape index (κ1) is 12.1. The van der Waals surface area contributed by atoms with Crippen LogP contribution in [0, 0.1) is 0 Å². The van der Waals surface area contributed by atoms with Crippen molar-refractivity contribution in [3.05, 3.63) is 0 Å². The molecule has 2 aliphatic rings. The van der Waals surface area contributed by atoms with Crippen LogP contribution in [-0.4, -0.2) is 40.7 Å². The lowest BCUT2D eigenvalue weighted by Crippen LogP contribution is -2.56. The molecular weight excluding hydrogens is 222 g/mol. The van der Waals surface area contributed by atoms with Crippen molar-refractivity contribution >= 4 is 17.7 Å². The molecule has 2 atom stereocenters. The van der Waals surface area contributed by atoms with Gasteiger partial charge < -0.3 is 9.64 Å². The lowest BCUT2D eigenvalue weighted by Gasteiger charge is -2.40. The summed E-state index contributed by atoms with van der Waals surface area (Å²) in [5, 5.41) is 0. The van der Waals surface area contributed by atoms with Gasteiger partial charge in [-0.2, -0.15) is 0 Å². The number of hydrogen-bond donors (Lipinski definition) is 0. The number of fused-ring (bicyclic) bond motifs is 1. The Labute approximate surface area is 100 Å². The van der Waals surface area contributed by atoms with Gasteiger partial charge in [0.15, 0.2) is 0 Å². The molecule has 5 heteroatoms. The topological polar surface area (TPSA) is 63.7 Å². The number of carbonyl (C=O) groups is 3. The molecular formula is C12H17NO4. The van der Waals surface area contributed by atoms with E-state index in [1.165, 1.54) is 0 Å². The Bertz CT molecular complexity index is 379. The van der Waals surface area contributed by atoms with Crippen molar-refractivity contribution in [3.63, 3.8) is 0 Å². The number of rotatable bonds is 2. The Morgan fingerprint density at radius 2 is 2.24 bits per heavy atom. The second-order valence-corrected chi connectivity index (χ2v) is 4.96. The van der Waals surface area contributed by atoms with Gasteiger partial charge in [0.1, 0.15) is 11.8 Å². The van der Waals surface area contributed by atoms with E-state index in [0.29, 0.717) is 25.9 Å². The van der Waals surface area contributed by atoms with Gasteiger partial charge in [-0.3, -0.25) is 9.59 Å². The van der Waals surface area contributed by atoms with Crippen molar-refractivity contribution in [2.75, 3.05) is 6.61 Å². The van der Waals surface area contributed by atoms with Crippen molar-refractivity contribution < 1.29 is 19.1 Å². The Kier molecular flexibility index (Phi) is 2.93. The summed E-state index contributed by atoms with van der Waals surface area (Å²) in [7, 11) is 0. The van der Waals surface area contributed by atoms with Gasteiger partial charge in [-0.15, -0.1) is 0 Å². The van der Waals surface area contributed by atoms with Gasteiger partial charge in [-0.1, -0.05) is 0 Å². The molecule has 0 aromatic rings. The number of esters is 1. The second kappa shape index (κ2) is 4.13. The molecule has 2 heterocycles. The molecule has 2 rings (SSSR count). The van der Waals surface area contributed by atoms with Gasteiger partial charge >= 0.3 is 5.97 Å². The number of piperidine rings is 1. The summed E-state index contributed by atoms with van der Waals surface area (Å²) in [6.45, 7) is 3.93. The van der Waals surface area contributed by atoms with Crippen LogP contribution in [0.15, 0.2) is 0 Å². The predicted molar refractivity (Wildman–Crippen MR) is 59.1 cm³/mol. The minimum atomic E-state index is -0.499. The van der Waals surface area contributed by atoms with Crippen LogP contribution in [0.3, 0.4) is 0 Å². The van der Waals surface area contributed by atoms with Crippen LogP contribution in [0.5, 0.6) is 0 Å². The van der Waals surface area contributed by atoms with Crippen LogP contribution in [0.25, 0.3) is 0 Å². The Balaban J connectivity index is 2.22. The first-order valence-corrected chi connectivity index (χ1v) is 5.98. The number of ketones is 1. The SMILES string of the molecule is CCOC(=O)[C@@H]1CCC2(C)CC(=O)CC(=O)N12. The van der Waals surface area contributed by atoms with E-state index in [1.807, 2.05) is 6.92 Å². The number of amides is 1. The smallest absolute Gasteiger partial charge is 0.328 e. The normalized spacial score (nSPS) is 32.6. The van der Waals surface area contributed by atoms with Gasteiger partial charge in [0.05, 0.1) is 13.0 Å². The summed E-state index contributed by atoms with van der Waals surface area (Å²) in [4.78, 5) is 36.7. The average molecular weight is 239 g/mol. The highest BCUT2D eigenvalue weighted by Gasteiger charge is 2.52. The first-order valence-electron chi connectivity index (χ1n) is 5.98. The van der Waals surface area contributed by atoms with E-state index in [1.54, 1.807) is 11.8 Å². The van der Waals surface area contributed by atoms with Crippen LogP contribution in [0.4, 0.5) is 0 Å². The zero-order chi connectivity index (χ0) is 12.6. The van der Waals surface area contributed by atoms with E-state index >= 15 is 0 Å². The fourth-order valence-corrected chi connectivity index (χ4v) is 2.92. The number of carbonyl (C=O) groups excluding carboxylic acids is 3. The molecule has 1 amide bonds. The fraction of sp³-hybridized carbons (Fsp3) is 0.750. The molecule has 0 radical (unpaired) electrons. The fourth-order valence-electron chi connectivity index (χ4n) is 2.92. The second-order valence-electron chi connectivity index (χ2n) is 4.96. The van der Waals surface area contributed by atoms with E-state index < -0.39 is 11.6 Å². The largest absolute Gasteiger partial charge is 0.464 e. The summed E-state index contributed by atoms with van der Waals surface area (Å²) in [6.07, 6.45) is 1.56. The van der Waals surface area contributed by atoms with Crippen LogP contribution in [0.1, 0.15) is 39.5 Å². The van der Waals surface area contributed by atoms with E-state index in [0.717, 1.165) is 0 Å². The molecule has 2 aliphatic heterocycles. The van der Waals surface area contributed by atoms with Crippen LogP contribution < -0.4 is 0 Å². The summed E-state index contributed by atoms with van der Waals surface area (Å²) in [6, 6.07) is -0.499. The lowest BCUT2D eigenvalue weighted by atomic mass is 9.87. The molecule has 1 unspecified atom stereocenters. The molecule has 0 aromatic carbocycles. The standard InChI is InChI=1S/C12H17NO4/c1-3-17-11(16)9-4-5-12(2)7-8(14)6-10(15)13(9)12/h9H,3-7H2,1-2H3/t9-,12?/m0/s1. The molecule has 0 N–H and O–H groups in total. The van der Waals surface area contributed by atoms with Gasteiger partial charge in [-0.25, -0.2) is 4.79 Å². The first-order chi connectivity index (χ1) is 7.98. The Hall–Kier alpha value is -1.39. The van der Waals surface area contributed by atoms with Crippen molar-refractivity contribution in [1.29, 1.82) is 0 Å². The molecule has 0 bridgehead atoms. The molecule has 0 spiro atoms. The maximum Gasteiger partial charge on any atom is 0.328 e.